The topological polar surface area (TPSA) is 50.2 Å². The molecule has 0 aliphatic rings. The van der Waals surface area contributed by atoms with E-state index in [1.807, 2.05) is 24.3 Å². The van der Waals surface area contributed by atoms with E-state index in [4.69, 9.17) is 5.11 Å². The fourth-order valence-corrected chi connectivity index (χ4v) is 1.43. The molecule has 1 aromatic heterocycles. The van der Waals surface area contributed by atoms with Crippen LogP contribution in [0.1, 0.15) is 12.0 Å². The van der Waals surface area contributed by atoms with Gasteiger partial charge in [0.25, 0.3) is 0 Å². The molecule has 0 spiro atoms. The van der Waals surface area contributed by atoms with Crippen LogP contribution >= 0.6 is 0 Å². The second-order valence-electron chi connectivity index (χ2n) is 3.28. The fourth-order valence-electron chi connectivity index (χ4n) is 1.43. The molecule has 0 unspecified atom stereocenters. The monoisotopic (exact) mass is 211 g/mol. The van der Waals surface area contributed by atoms with Crippen LogP contribution in [0.3, 0.4) is 0 Å². The first-order valence-electron chi connectivity index (χ1n) is 4.81. The van der Waals surface area contributed by atoms with Gasteiger partial charge in [-0.05, 0) is 0 Å². The number of carboxylic acids is 1. The summed E-state index contributed by atoms with van der Waals surface area (Å²) in [7, 11) is 0. The summed E-state index contributed by atoms with van der Waals surface area (Å²) in [6, 6.07) is 7.75. The molecule has 0 amide bonds. The Morgan fingerprint density at radius 3 is 2.94 bits per heavy atom. The van der Waals surface area contributed by atoms with Crippen molar-refractivity contribution in [1.82, 2.24) is 4.98 Å². The van der Waals surface area contributed by atoms with Gasteiger partial charge in [-0.15, -0.1) is 0 Å². The zero-order valence-corrected chi connectivity index (χ0v) is 8.47. The van der Waals surface area contributed by atoms with Crippen LogP contribution in [0.25, 0.3) is 10.8 Å². The normalized spacial score (nSPS) is 9.50. The maximum atomic E-state index is 10.3. The minimum atomic E-state index is -0.916. The molecule has 0 saturated heterocycles. The van der Waals surface area contributed by atoms with Crippen molar-refractivity contribution < 1.29 is 9.90 Å². The summed E-state index contributed by atoms with van der Waals surface area (Å²) in [5, 5.41) is 10.5. The van der Waals surface area contributed by atoms with Gasteiger partial charge in [-0.1, -0.05) is 36.1 Å². The largest absolute Gasteiger partial charge is 0.481 e. The molecular formula is C13H9NO2. The van der Waals surface area contributed by atoms with Gasteiger partial charge in [0.15, 0.2) is 0 Å². The molecule has 2 rings (SSSR count). The summed E-state index contributed by atoms with van der Waals surface area (Å²) >= 11 is 0. The highest BCUT2D eigenvalue weighted by Gasteiger charge is 1.97. The molecule has 0 atom stereocenters. The van der Waals surface area contributed by atoms with Crippen molar-refractivity contribution in [2.45, 2.75) is 6.42 Å². The number of nitrogens with zero attached hydrogens (tertiary/aromatic N) is 1. The van der Waals surface area contributed by atoms with Gasteiger partial charge < -0.3 is 5.11 Å². The summed E-state index contributed by atoms with van der Waals surface area (Å²) in [6.07, 6.45) is 3.26. The van der Waals surface area contributed by atoms with Gasteiger partial charge in [0.2, 0.25) is 0 Å². The maximum Gasteiger partial charge on any atom is 0.315 e. The van der Waals surface area contributed by atoms with Crippen LogP contribution in [0.5, 0.6) is 0 Å². The molecule has 16 heavy (non-hydrogen) atoms. The van der Waals surface area contributed by atoms with E-state index >= 15 is 0 Å². The van der Waals surface area contributed by atoms with Crippen LogP contribution in [0, 0.1) is 11.8 Å². The van der Waals surface area contributed by atoms with Gasteiger partial charge in [-0.3, -0.25) is 9.78 Å². The van der Waals surface area contributed by atoms with Crippen LogP contribution in [-0.2, 0) is 4.79 Å². The Balaban J connectivity index is 2.43. The standard InChI is InChI=1S/C13H9NO2/c15-13(16)7-3-5-11-9-14-8-10-4-1-2-6-12(10)11/h1-2,4,6,8-9H,7H2,(H,15,16). The minimum absolute atomic E-state index is 0.150. The van der Waals surface area contributed by atoms with Crippen molar-refractivity contribution in [3.63, 3.8) is 0 Å². The van der Waals surface area contributed by atoms with Crippen molar-refractivity contribution in [1.29, 1.82) is 0 Å². The quantitative estimate of drug-likeness (QED) is 0.734. The molecule has 0 radical (unpaired) electrons. The predicted octanol–water partition coefficient (Wildman–Crippen LogP) is 2.06. The van der Waals surface area contributed by atoms with E-state index in [-0.39, 0.29) is 6.42 Å². The van der Waals surface area contributed by atoms with Gasteiger partial charge in [0, 0.05) is 23.2 Å². The van der Waals surface area contributed by atoms with Gasteiger partial charge in [0.1, 0.15) is 6.42 Å². The number of carbonyl (C=O) groups is 1. The van der Waals surface area contributed by atoms with Gasteiger partial charge >= 0.3 is 5.97 Å². The SMILES string of the molecule is O=C(O)CC#Cc1cncc2ccccc12. The van der Waals surface area contributed by atoms with Gasteiger partial charge in [0.05, 0.1) is 5.56 Å². The second kappa shape index (κ2) is 4.45. The summed E-state index contributed by atoms with van der Waals surface area (Å²) in [5.74, 6) is 4.51. The van der Waals surface area contributed by atoms with Crippen molar-refractivity contribution in [2.75, 3.05) is 0 Å². The number of carboxylic acid groups (broad SMARTS) is 1. The van der Waals surface area contributed by atoms with Crippen LogP contribution in [-0.4, -0.2) is 16.1 Å². The van der Waals surface area contributed by atoms with E-state index < -0.39 is 5.97 Å². The Hall–Kier alpha value is -2.34. The molecule has 1 aromatic carbocycles. The molecule has 1 N–H and O–H groups in total. The van der Waals surface area contributed by atoms with E-state index in [0.717, 1.165) is 16.3 Å². The number of hydrogen-bond acceptors (Lipinski definition) is 2. The van der Waals surface area contributed by atoms with E-state index in [1.54, 1.807) is 12.4 Å². The number of aliphatic carboxylic acids is 1. The average molecular weight is 211 g/mol. The lowest BCUT2D eigenvalue weighted by atomic mass is 10.1. The van der Waals surface area contributed by atoms with Crippen LogP contribution in [0.2, 0.25) is 0 Å². The highest BCUT2D eigenvalue weighted by Crippen LogP contribution is 2.15. The Labute approximate surface area is 92.7 Å². The molecule has 1 heterocycles. The molecule has 0 bridgehead atoms. The third-order valence-electron chi connectivity index (χ3n) is 2.13. The van der Waals surface area contributed by atoms with Crippen molar-refractivity contribution in [2.24, 2.45) is 0 Å². The lowest BCUT2D eigenvalue weighted by Crippen LogP contribution is -1.90. The van der Waals surface area contributed by atoms with Crippen molar-refractivity contribution in [3.05, 3.63) is 42.2 Å². The van der Waals surface area contributed by atoms with Crippen LogP contribution < -0.4 is 0 Å². The molecule has 3 heteroatoms. The Bertz CT molecular complexity index is 588. The number of pyridine rings is 1. The number of benzene rings is 1. The molecule has 78 valence electrons. The highest BCUT2D eigenvalue weighted by molar-refractivity contribution is 5.87. The van der Waals surface area contributed by atoms with E-state index in [1.165, 1.54) is 0 Å². The molecular weight excluding hydrogens is 202 g/mol. The zero-order chi connectivity index (χ0) is 11.4. The summed E-state index contributed by atoms with van der Waals surface area (Å²) < 4.78 is 0. The summed E-state index contributed by atoms with van der Waals surface area (Å²) in [4.78, 5) is 14.4. The van der Waals surface area contributed by atoms with Crippen LogP contribution in [0.15, 0.2) is 36.7 Å². The molecule has 0 aliphatic carbocycles. The minimum Gasteiger partial charge on any atom is -0.481 e. The number of fused-ring (bicyclic) bond motifs is 1. The summed E-state index contributed by atoms with van der Waals surface area (Å²) in [5.41, 5.74) is 0.763. The Morgan fingerprint density at radius 2 is 2.12 bits per heavy atom. The average Bonchev–Trinajstić information content (AvgIpc) is 2.29. The maximum absolute atomic E-state index is 10.3. The third kappa shape index (κ3) is 2.18. The molecule has 3 nitrogen and oxygen atoms in total. The highest BCUT2D eigenvalue weighted by atomic mass is 16.4. The predicted molar refractivity (Wildman–Crippen MR) is 60.9 cm³/mol. The first-order chi connectivity index (χ1) is 7.77. The van der Waals surface area contributed by atoms with E-state index in [9.17, 15) is 4.79 Å². The fraction of sp³-hybridized carbons (Fsp3) is 0.0769. The van der Waals surface area contributed by atoms with Crippen LogP contribution in [0.4, 0.5) is 0 Å². The molecule has 0 fully saturated rings. The number of hydrogen-bond donors (Lipinski definition) is 1. The molecule has 0 saturated carbocycles. The zero-order valence-electron chi connectivity index (χ0n) is 8.47. The second-order valence-corrected chi connectivity index (χ2v) is 3.28. The lowest BCUT2D eigenvalue weighted by molar-refractivity contribution is -0.135. The smallest absolute Gasteiger partial charge is 0.315 e. The van der Waals surface area contributed by atoms with Crippen molar-refractivity contribution >= 4 is 16.7 Å². The van der Waals surface area contributed by atoms with Crippen molar-refractivity contribution in [3.8, 4) is 11.8 Å². The Morgan fingerprint density at radius 1 is 1.31 bits per heavy atom. The first kappa shape index (κ1) is 10.2. The Kier molecular flexibility index (Phi) is 2.84. The van der Waals surface area contributed by atoms with Gasteiger partial charge in [-0.2, -0.15) is 0 Å². The van der Waals surface area contributed by atoms with E-state index in [2.05, 4.69) is 16.8 Å². The first-order valence-corrected chi connectivity index (χ1v) is 4.81. The molecule has 0 aliphatic heterocycles. The summed E-state index contributed by atoms with van der Waals surface area (Å²) in [6.45, 7) is 0. The van der Waals surface area contributed by atoms with E-state index in [0.29, 0.717) is 0 Å². The third-order valence-corrected chi connectivity index (χ3v) is 2.13. The number of rotatable bonds is 1. The number of aromatic nitrogens is 1. The van der Waals surface area contributed by atoms with Gasteiger partial charge in [-0.25, -0.2) is 0 Å². The molecule has 2 aromatic rings. The lowest BCUT2D eigenvalue weighted by Gasteiger charge is -1.98.